The second-order valence-electron chi connectivity index (χ2n) is 5.44. The Balaban J connectivity index is 1.82. The van der Waals surface area contributed by atoms with E-state index in [1.807, 2.05) is 0 Å². The third-order valence-electron chi connectivity index (χ3n) is 3.65. The fraction of sp³-hybridized carbons (Fsp3) is 0.600. The topological polar surface area (TPSA) is 41.5 Å². The fourth-order valence-electron chi connectivity index (χ4n) is 2.34. The number of hydrogen-bond acceptors (Lipinski definition) is 3. The van der Waals surface area contributed by atoms with Crippen molar-refractivity contribution in [1.29, 1.82) is 0 Å². The lowest BCUT2D eigenvalue weighted by atomic mass is 10.00. The van der Waals surface area contributed by atoms with Crippen molar-refractivity contribution in [2.75, 3.05) is 19.8 Å². The first-order chi connectivity index (χ1) is 8.59. The van der Waals surface area contributed by atoms with Crippen molar-refractivity contribution in [3.8, 4) is 0 Å². The van der Waals surface area contributed by atoms with Crippen LogP contribution < -0.4 is 5.32 Å². The van der Waals surface area contributed by atoms with Gasteiger partial charge in [0.25, 0.3) is 0 Å². The van der Waals surface area contributed by atoms with Gasteiger partial charge in [0.1, 0.15) is 5.60 Å². The van der Waals surface area contributed by atoms with Crippen LogP contribution in [0.15, 0.2) is 24.3 Å². The number of ether oxygens (including phenoxy) is 1. The van der Waals surface area contributed by atoms with Crippen LogP contribution in [-0.2, 0) is 11.2 Å². The quantitative estimate of drug-likeness (QED) is 0.834. The van der Waals surface area contributed by atoms with Crippen molar-refractivity contribution in [2.24, 2.45) is 0 Å². The van der Waals surface area contributed by atoms with Crippen LogP contribution in [0.5, 0.6) is 0 Å². The maximum Gasteiger partial charge on any atom is 0.102 e. The number of nitrogens with one attached hydrogen (secondary N) is 1. The molecule has 1 aromatic rings. The number of hydrogen-bond donors (Lipinski definition) is 2. The molecule has 0 aromatic heterocycles. The Morgan fingerprint density at radius 1 is 1.44 bits per heavy atom. The molecule has 3 heteroatoms. The largest absolute Gasteiger partial charge is 0.386 e. The molecule has 3 nitrogen and oxygen atoms in total. The zero-order valence-electron chi connectivity index (χ0n) is 11.3. The lowest BCUT2D eigenvalue weighted by Crippen LogP contribution is -2.44. The summed E-state index contributed by atoms with van der Waals surface area (Å²) in [5.41, 5.74) is 2.03. The molecule has 1 heterocycles. The third-order valence-corrected chi connectivity index (χ3v) is 3.65. The van der Waals surface area contributed by atoms with Gasteiger partial charge in [-0.25, -0.2) is 0 Å². The number of rotatable bonds is 5. The normalized spacial score (nSPS) is 25.3. The van der Waals surface area contributed by atoms with Crippen molar-refractivity contribution in [3.63, 3.8) is 0 Å². The summed E-state index contributed by atoms with van der Waals surface area (Å²) in [5.74, 6) is 0. The maximum absolute atomic E-state index is 10.2. The van der Waals surface area contributed by atoms with E-state index in [0.717, 1.165) is 12.8 Å². The van der Waals surface area contributed by atoms with E-state index < -0.39 is 5.60 Å². The van der Waals surface area contributed by atoms with E-state index in [1.54, 1.807) is 0 Å². The highest BCUT2D eigenvalue weighted by Gasteiger charge is 2.32. The van der Waals surface area contributed by atoms with Crippen LogP contribution in [0.4, 0.5) is 0 Å². The van der Waals surface area contributed by atoms with Gasteiger partial charge in [0, 0.05) is 25.6 Å². The summed E-state index contributed by atoms with van der Waals surface area (Å²) in [6.07, 6.45) is 1.72. The van der Waals surface area contributed by atoms with Gasteiger partial charge >= 0.3 is 0 Å². The van der Waals surface area contributed by atoms with Crippen LogP contribution >= 0.6 is 0 Å². The third kappa shape index (κ3) is 3.55. The minimum atomic E-state index is -0.667. The van der Waals surface area contributed by atoms with E-state index in [2.05, 4.69) is 43.4 Å². The molecule has 2 atom stereocenters. The molecule has 100 valence electrons. The summed E-state index contributed by atoms with van der Waals surface area (Å²) in [6, 6.07) is 8.81. The molecule has 0 bridgehead atoms. The SMILES string of the molecule is Cc1ccccc1C[C@H](C)NC[C@@]1(O)CCOC1. The van der Waals surface area contributed by atoms with E-state index in [9.17, 15) is 5.11 Å². The zero-order valence-corrected chi connectivity index (χ0v) is 11.3. The smallest absolute Gasteiger partial charge is 0.102 e. The van der Waals surface area contributed by atoms with Gasteiger partial charge in [0.15, 0.2) is 0 Å². The number of benzene rings is 1. The Morgan fingerprint density at radius 2 is 2.22 bits per heavy atom. The summed E-state index contributed by atoms with van der Waals surface area (Å²) in [4.78, 5) is 0. The molecule has 1 aliphatic heterocycles. The maximum atomic E-state index is 10.2. The predicted octanol–water partition coefficient (Wildman–Crippen LogP) is 1.67. The average molecular weight is 249 g/mol. The van der Waals surface area contributed by atoms with Crippen molar-refractivity contribution in [2.45, 2.75) is 38.3 Å². The minimum Gasteiger partial charge on any atom is -0.386 e. The van der Waals surface area contributed by atoms with Crippen molar-refractivity contribution in [1.82, 2.24) is 5.32 Å². The van der Waals surface area contributed by atoms with Crippen LogP contribution in [0.1, 0.15) is 24.5 Å². The number of aliphatic hydroxyl groups is 1. The lowest BCUT2D eigenvalue weighted by Gasteiger charge is -2.24. The summed E-state index contributed by atoms with van der Waals surface area (Å²) in [5, 5.41) is 13.6. The molecule has 1 saturated heterocycles. The molecule has 0 amide bonds. The zero-order chi connectivity index (χ0) is 13.0. The summed E-state index contributed by atoms with van der Waals surface area (Å²) >= 11 is 0. The molecule has 1 fully saturated rings. The molecule has 2 rings (SSSR count). The van der Waals surface area contributed by atoms with Gasteiger partial charge in [-0.1, -0.05) is 24.3 Å². The molecule has 0 saturated carbocycles. The summed E-state index contributed by atoms with van der Waals surface area (Å²) < 4.78 is 5.24. The van der Waals surface area contributed by atoms with Gasteiger partial charge in [-0.15, -0.1) is 0 Å². The molecule has 0 spiro atoms. The first kappa shape index (κ1) is 13.5. The Kier molecular flexibility index (Phi) is 4.38. The average Bonchev–Trinajstić information content (AvgIpc) is 2.77. The highest BCUT2D eigenvalue weighted by atomic mass is 16.5. The van der Waals surface area contributed by atoms with Gasteiger partial charge in [-0.3, -0.25) is 0 Å². The molecule has 18 heavy (non-hydrogen) atoms. The van der Waals surface area contributed by atoms with E-state index >= 15 is 0 Å². The lowest BCUT2D eigenvalue weighted by molar-refractivity contribution is 0.0252. The van der Waals surface area contributed by atoms with Gasteiger partial charge in [0.2, 0.25) is 0 Å². The minimum absolute atomic E-state index is 0.357. The van der Waals surface area contributed by atoms with E-state index in [-0.39, 0.29) is 0 Å². The standard InChI is InChI=1S/C15H23NO2/c1-12-5-3-4-6-14(12)9-13(2)16-10-15(17)7-8-18-11-15/h3-6,13,16-17H,7-11H2,1-2H3/t13-,15-/m0/s1. The summed E-state index contributed by atoms with van der Waals surface area (Å²) in [6.45, 7) is 6.04. The molecule has 1 aromatic carbocycles. The van der Waals surface area contributed by atoms with E-state index in [4.69, 9.17) is 4.74 Å². The highest BCUT2D eigenvalue weighted by Crippen LogP contribution is 2.17. The Labute approximate surface area is 109 Å². The molecule has 2 N–H and O–H groups in total. The Hall–Kier alpha value is -0.900. The van der Waals surface area contributed by atoms with Crippen LogP contribution in [-0.4, -0.2) is 36.5 Å². The molecular weight excluding hydrogens is 226 g/mol. The van der Waals surface area contributed by atoms with Crippen LogP contribution in [0, 0.1) is 6.92 Å². The first-order valence-electron chi connectivity index (χ1n) is 6.67. The molecule has 0 radical (unpaired) electrons. The van der Waals surface area contributed by atoms with Crippen LogP contribution in [0.2, 0.25) is 0 Å². The molecule has 0 unspecified atom stereocenters. The first-order valence-corrected chi connectivity index (χ1v) is 6.67. The number of aryl methyl sites for hydroxylation is 1. The van der Waals surface area contributed by atoms with E-state index in [0.29, 0.717) is 25.8 Å². The predicted molar refractivity (Wildman–Crippen MR) is 72.7 cm³/mol. The van der Waals surface area contributed by atoms with Gasteiger partial charge in [-0.2, -0.15) is 0 Å². The second-order valence-corrected chi connectivity index (χ2v) is 5.44. The fourth-order valence-corrected chi connectivity index (χ4v) is 2.34. The van der Waals surface area contributed by atoms with Crippen molar-refractivity contribution >= 4 is 0 Å². The Bertz CT molecular complexity index is 386. The van der Waals surface area contributed by atoms with Gasteiger partial charge in [0.05, 0.1) is 6.61 Å². The Morgan fingerprint density at radius 3 is 2.89 bits per heavy atom. The van der Waals surface area contributed by atoms with Crippen LogP contribution in [0.25, 0.3) is 0 Å². The monoisotopic (exact) mass is 249 g/mol. The van der Waals surface area contributed by atoms with Gasteiger partial charge < -0.3 is 15.2 Å². The molecule has 0 aliphatic carbocycles. The van der Waals surface area contributed by atoms with Crippen molar-refractivity contribution < 1.29 is 9.84 Å². The molecular formula is C15H23NO2. The highest BCUT2D eigenvalue weighted by molar-refractivity contribution is 5.26. The van der Waals surface area contributed by atoms with Crippen LogP contribution in [0.3, 0.4) is 0 Å². The van der Waals surface area contributed by atoms with Crippen molar-refractivity contribution in [3.05, 3.63) is 35.4 Å². The second kappa shape index (κ2) is 5.83. The van der Waals surface area contributed by atoms with E-state index in [1.165, 1.54) is 11.1 Å². The summed E-state index contributed by atoms with van der Waals surface area (Å²) in [7, 11) is 0. The molecule has 1 aliphatic rings. The van der Waals surface area contributed by atoms with Gasteiger partial charge in [-0.05, 0) is 31.4 Å².